The molecule has 2 aromatic rings. The monoisotopic (exact) mass is 352 g/mol. The molecular formula is C22H28N2O2. The quantitative estimate of drug-likeness (QED) is 0.824. The summed E-state index contributed by atoms with van der Waals surface area (Å²) in [6.45, 7) is 5.72. The Morgan fingerprint density at radius 2 is 1.85 bits per heavy atom. The van der Waals surface area contributed by atoms with Gasteiger partial charge in [-0.15, -0.1) is 0 Å². The molecule has 1 aliphatic carbocycles. The maximum Gasteiger partial charge on any atom is 0.229 e. The molecule has 1 saturated heterocycles. The Kier molecular flexibility index (Phi) is 4.84. The van der Waals surface area contributed by atoms with Gasteiger partial charge < -0.3 is 9.42 Å². The lowest BCUT2D eigenvalue weighted by Crippen LogP contribution is -2.40. The Morgan fingerprint density at radius 1 is 1.15 bits per heavy atom. The smallest absolute Gasteiger partial charge is 0.229 e. The van der Waals surface area contributed by atoms with Gasteiger partial charge in [0.15, 0.2) is 0 Å². The van der Waals surface area contributed by atoms with Crippen molar-refractivity contribution < 1.29 is 9.32 Å². The lowest BCUT2D eigenvalue weighted by atomic mass is 9.87. The van der Waals surface area contributed by atoms with Crippen LogP contribution in [0.1, 0.15) is 72.6 Å². The summed E-state index contributed by atoms with van der Waals surface area (Å²) in [4.78, 5) is 14.9. The van der Waals surface area contributed by atoms with Crippen LogP contribution in [0.15, 0.2) is 28.8 Å². The molecule has 1 aliphatic heterocycles. The molecule has 1 aromatic heterocycles. The number of fused-ring (bicyclic) bond motifs is 1. The van der Waals surface area contributed by atoms with Gasteiger partial charge in [-0.1, -0.05) is 35.0 Å². The third-order valence-electron chi connectivity index (χ3n) is 6.12. The molecule has 1 aromatic carbocycles. The van der Waals surface area contributed by atoms with Crippen LogP contribution in [0, 0.1) is 6.92 Å². The molecule has 4 heteroatoms. The van der Waals surface area contributed by atoms with Gasteiger partial charge in [0.1, 0.15) is 5.76 Å². The first-order valence-electron chi connectivity index (χ1n) is 9.96. The highest BCUT2D eigenvalue weighted by atomic mass is 16.5. The van der Waals surface area contributed by atoms with Crippen LogP contribution in [0.3, 0.4) is 0 Å². The van der Waals surface area contributed by atoms with E-state index in [1.807, 2.05) is 11.8 Å². The molecule has 0 bridgehead atoms. The number of aryl methyl sites for hydroxylation is 2. The standard InChI is InChI=1S/C22H28N2O2/c1-15-7-9-17(10-8-15)16(2)22(25)24-13-11-18(12-14-24)21-19-5-3-4-6-20(19)23-26-21/h7-10,16,18H,3-6,11-14H2,1-2H3/t16-/m0/s1. The van der Waals surface area contributed by atoms with E-state index in [9.17, 15) is 4.79 Å². The molecule has 1 atom stereocenters. The van der Waals surface area contributed by atoms with E-state index in [1.54, 1.807) is 0 Å². The van der Waals surface area contributed by atoms with Gasteiger partial charge in [-0.3, -0.25) is 4.79 Å². The van der Waals surface area contributed by atoms with Gasteiger partial charge in [-0.2, -0.15) is 0 Å². The van der Waals surface area contributed by atoms with E-state index in [1.165, 1.54) is 29.7 Å². The van der Waals surface area contributed by atoms with Crippen LogP contribution in [0.4, 0.5) is 0 Å². The average Bonchev–Trinajstić information content (AvgIpc) is 3.12. The fourth-order valence-electron chi connectivity index (χ4n) is 4.37. The summed E-state index contributed by atoms with van der Waals surface area (Å²) >= 11 is 0. The molecular weight excluding hydrogens is 324 g/mol. The molecule has 0 radical (unpaired) electrons. The minimum atomic E-state index is -0.0785. The highest BCUT2D eigenvalue weighted by Crippen LogP contribution is 2.35. The number of benzene rings is 1. The van der Waals surface area contributed by atoms with E-state index in [4.69, 9.17) is 4.52 Å². The number of amides is 1. The van der Waals surface area contributed by atoms with E-state index < -0.39 is 0 Å². The normalized spacial score (nSPS) is 19.2. The van der Waals surface area contributed by atoms with Crippen LogP contribution in [0.5, 0.6) is 0 Å². The number of carbonyl (C=O) groups is 1. The van der Waals surface area contributed by atoms with Crippen molar-refractivity contribution in [1.82, 2.24) is 10.1 Å². The Labute approximate surface area is 155 Å². The lowest BCUT2D eigenvalue weighted by Gasteiger charge is -2.33. The zero-order valence-corrected chi connectivity index (χ0v) is 15.8. The summed E-state index contributed by atoms with van der Waals surface area (Å²) in [5.41, 5.74) is 4.88. The summed E-state index contributed by atoms with van der Waals surface area (Å²) in [7, 11) is 0. The maximum atomic E-state index is 12.9. The molecule has 0 unspecified atom stereocenters. The number of piperidine rings is 1. The van der Waals surface area contributed by atoms with Crippen molar-refractivity contribution in [1.29, 1.82) is 0 Å². The number of hydrogen-bond acceptors (Lipinski definition) is 3. The molecule has 1 amide bonds. The van der Waals surface area contributed by atoms with Crippen molar-refractivity contribution in [2.24, 2.45) is 0 Å². The molecule has 1 fully saturated rings. The van der Waals surface area contributed by atoms with Crippen molar-refractivity contribution >= 4 is 5.91 Å². The van der Waals surface area contributed by atoms with Crippen LogP contribution in [0.25, 0.3) is 0 Å². The van der Waals surface area contributed by atoms with Gasteiger partial charge in [0.25, 0.3) is 0 Å². The maximum absolute atomic E-state index is 12.9. The van der Waals surface area contributed by atoms with Crippen LogP contribution in [-0.2, 0) is 17.6 Å². The van der Waals surface area contributed by atoms with Crippen LogP contribution >= 0.6 is 0 Å². The van der Waals surface area contributed by atoms with E-state index >= 15 is 0 Å². The van der Waals surface area contributed by atoms with Crippen LogP contribution in [-0.4, -0.2) is 29.1 Å². The van der Waals surface area contributed by atoms with Gasteiger partial charge in [0.2, 0.25) is 5.91 Å². The zero-order valence-electron chi connectivity index (χ0n) is 15.8. The van der Waals surface area contributed by atoms with Crippen molar-refractivity contribution in [3.8, 4) is 0 Å². The predicted molar refractivity (Wildman–Crippen MR) is 101 cm³/mol. The van der Waals surface area contributed by atoms with E-state index in [-0.39, 0.29) is 11.8 Å². The van der Waals surface area contributed by atoms with Crippen LogP contribution < -0.4 is 0 Å². The number of nitrogens with zero attached hydrogens (tertiary/aromatic N) is 2. The van der Waals surface area contributed by atoms with E-state index in [0.29, 0.717) is 5.92 Å². The lowest BCUT2D eigenvalue weighted by molar-refractivity contribution is -0.133. The topological polar surface area (TPSA) is 46.3 Å². The summed E-state index contributed by atoms with van der Waals surface area (Å²) in [6.07, 6.45) is 6.60. The second kappa shape index (κ2) is 7.26. The molecule has 0 spiro atoms. The largest absolute Gasteiger partial charge is 0.361 e. The fourth-order valence-corrected chi connectivity index (χ4v) is 4.37. The first-order chi connectivity index (χ1) is 12.6. The summed E-state index contributed by atoms with van der Waals surface area (Å²) in [6, 6.07) is 8.31. The first-order valence-corrected chi connectivity index (χ1v) is 9.96. The van der Waals surface area contributed by atoms with Gasteiger partial charge >= 0.3 is 0 Å². The third-order valence-corrected chi connectivity index (χ3v) is 6.12. The summed E-state index contributed by atoms with van der Waals surface area (Å²) < 4.78 is 5.73. The first kappa shape index (κ1) is 17.3. The minimum absolute atomic E-state index is 0.0785. The molecule has 138 valence electrons. The van der Waals surface area contributed by atoms with Gasteiger partial charge in [-0.05, 0) is 57.9 Å². The number of hydrogen-bond donors (Lipinski definition) is 0. The minimum Gasteiger partial charge on any atom is -0.361 e. The van der Waals surface area contributed by atoms with Crippen molar-refractivity contribution in [3.63, 3.8) is 0 Å². The fraction of sp³-hybridized carbons (Fsp3) is 0.545. The van der Waals surface area contributed by atoms with Gasteiger partial charge in [0, 0.05) is 24.6 Å². The Morgan fingerprint density at radius 3 is 2.58 bits per heavy atom. The zero-order chi connectivity index (χ0) is 18.1. The van der Waals surface area contributed by atoms with E-state index in [0.717, 1.165) is 50.1 Å². The molecule has 0 N–H and O–H groups in total. The molecule has 2 heterocycles. The Bertz CT molecular complexity index is 770. The average molecular weight is 352 g/mol. The Hall–Kier alpha value is -2.10. The third kappa shape index (κ3) is 3.29. The Balaban J connectivity index is 1.39. The molecule has 2 aliphatic rings. The predicted octanol–water partition coefficient (Wildman–Crippen LogP) is 4.37. The number of likely N-dealkylation sites (tertiary alicyclic amines) is 1. The number of carbonyl (C=O) groups excluding carboxylic acids is 1. The van der Waals surface area contributed by atoms with Crippen molar-refractivity contribution in [2.75, 3.05) is 13.1 Å². The highest BCUT2D eigenvalue weighted by molar-refractivity contribution is 5.83. The number of rotatable bonds is 3. The van der Waals surface area contributed by atoms with E-state index in [2.05, 4.69) is 36.3 Å². The molecule has 4 nitrogen and oxygen atoms in total. The molecule has 4 rings (SSSR count). The SMILES string of the molecule is Cc1ccc([C@H](C)C(=O)N2CCC(c3onc4c3CCCC4)CC2)cc1. The second-order valence-electron chi connectivity index (χ2n) is 7.91. The summed E-state index contributed by atoms with van der Waals surface area (Å²) in [5.74, 6) is 1.69. The molecule has 26 heavy (non-hydrogen) atoms. The van der Waals surface area contributed by atoms with Gasteiger partial charge in [-0.25, -0.2) is 0 Å². The van der Waals surface area contributed by atoms with Gasteiger partial charge in [0.05, 0.1) is 11.6 Å². The van der Waals surface area contributed by atoms with Crippen LogP contribution in [0.2, 0.25) is 0 Å². The summed E-state index contributed by atoms with van der Waals surface area (Å²) in [5, 5.41) is 4.31. The highest BCUT2D eigenvalue weighted by Gasteiger charge is 2.31. The second-order valence-corrected chi connectivity index (χ2v) is 7.91. The molecule has 0 saturated carbocycles. The van der Waals surface area contributed by atoms with Crippen molar-refractivity contribution in [3.05, 3.63) is 52.4 Å². The van der Waals surface area contributed by atoms with Crippen molar-refractivity contribution in [2.45, 2.75) is 64.2 Å². The number of aromatic nitrogens is 1.